The minimum absolute atomic E-state index is 0.0727. The van der Waals surface area contributed by atoms with Crippen LogP contribution in [-0.4, -0.2) is 17.3 Å². The molecule has 0 unspecified atom stereocenters. The lowest BCUT2D eigenvalue weighted by Crippen LogP contribution is -2.37. The van der Waals surface area contributed by atoms with E-state index in [1.807, 2.05) is 48.5 Å². The van der Waals surface area contributed by atoms with Gasteiger partial charge in [-0.05, 0) is 29.5 Å². The Labute approximate surface area is 172 Å². The quantitative estimate of drug-likeness (QED) is 0.596. The van der Waals surface area contributed by atoms with Gasteiger partial charge in [-0.1, -0.05) is 66.2 Å². The molecule has 2 aromatic rings. The highest BCUT2D eigenvalue weighted by atomic mass is 79.9. The average Bonchev–Trinajstić information content (AvgIpc) is 2.92. The molecule has 140 valence electrons. The number of nitrogens with zero attached hydrogens (tertiary/aromatic N) is 1. The zero-order valence-electron chi connectivity index (χ0n) is 15.8. The van der Waals surface area contributed by atoms with Crippen molar-refractivity contribution in [3.63, 3.8) is 0 Å². The fourth-order valence-electron chi connectivity index (χ4n) is 4.95. The monoisotopic (exact) mass is 433 g/mol. The Morgan fingerprint density at radius 2 is 1.71 bits per heavy atom. The molecule has 0 saturated carbocycles. The third-order valence-corrected chi connectivity index (χ3v) is 6.54. The van der Waals surface area contributed by atoms with Crippen molar-refractivity contribution < 1.29 is 9.59 Å². The number of aliphatic imine (C=N–C) groups is 1. The summed E-state index contributed by atoms with van der Waals surface area (Å²) in [4.78, 5) is 31.6. The molecule has 5 rings (SSSR count). The molecular formula is C24H20BrNO2. The van der Waals surface area contributed by atoms with E-state index < -0.39 is 5.92 Å². The number of hydrogen-bond donors (Lipinski definition) is 0. The number of halogens is 1. The van der Waals surface area contributed by atoms with Gasteiger partial charge >= 0.3 is 0 Å². The Bertz CT molecular complexity index is 1110. The number of rotatable bonds is 1. The molecule has 28 heavy (non-hydrogen) atoms. The van der Waals surface area contributed by atoms with Crippen molar-refractivity contribution in [2.24, 2.45) is 16.3 Å². The van der Waals surface area contributed by atoms with Gasteiger partial charge in [0.15, 0.2) is 11.6 Å². The fraction of sp³-hybridized carbons (Fsp3) is 0.292. The second kappa shape index (κ2) is 6.08. The lowest BCUT2D eigenvalue weighted by molar-refractivity contribution is -0.118. The number of hydrogen-bond acceptors (Lipinski definition) is 3. The van der Waals surface area contributed by atoms with Gasteiger partial charge in [0.1, 0.15) is 0 Å². The van der Waals surface area contributed by atoms with Gasteiger partial charge in [0.05, 0.1) is 11.6 Å². The van der Waals surface area contributed by atoms with Crippen molar-refractivity contribution in [3.05, 3.63) is 81.0 Å². The van der Waals surface area contributed by atoms with Gasteiger partial charge in [0.25, 0.3) is 0 Å². The number of carbonyl (C=O) groups excluding carboxylic acids is 2. The average molecular weight is 434 g/mol. The minimum Gasteiger partial charge on any atom is -0.294 e. The molecule has 0 bridgehead atoms. The SMILES string of the molecule is CC1(C)CC(=O)C2=C(C1)N=C1c3ccccc3C(=O)[C@@H]1[C@@H]2c1cccc(Br)c1. The number of benzene rings is 2. The van der Waals surface area contributed by atoms with Crippen molar-refractivity contribution in [1.82, 2.24) is 0 Å². The van der Waals surface area contributed by atoms with Crippen LogP contribution in [0.15, 0.2) is 69.3 Å². The van der Waals surface area contributed by atoms with Crippen LogP contribution in [0.3, 0.4) is 0 Å². The predicted octanol–water partition coefficient (Wildman–Crippen LogP) is 5.49. The van der Waals surface area contributed by atoms with Gasteiger partial charge in [-0.25, -0.2) is 0 Å². The highest BCUT2D eigenvalue weighted by Crippen LogP contribution is 2.51. The molecule has 2 atom stereocenters. The smallest absolute Gasteiger partial charge is 0.173 e. The van der Waals surface area contributed by atoms with E-state index in [1.54, 1.807) is 0 Å². The number of fused-ring (bicyclic) bond motifs is 3. The third-order valence-electron chi connectivity index (χ3n) is 6.05. The molecule has 0 amide bonds. The summed E-state index contributed by atoms with van der Waals surface area (Å²) < 4.78 is 0.947. The molecule has 0 saturated heterocycles. The van der Waals surface area contributed by atoms with Crippen molar-refractivity contribution in [3.8, 4) is 0 Å². The van der Waals surface area contributed by atoms with Crippen LogP contribution in [-0.2, 0) is 4.79 Å². The van der Waals surface area contributed by atoms with E-state index in [0.717, 1.165) is 44.6 Å². The summed E-state index contributed by atoms with van der Waals surface area (Å²) in [5.41, 5.74) is 4.95. The Hall–Kier alpha value is -2.33. The molecule has 2 aliphatic carbocycles. The first-order valence-corrected chi connectivity index (χ1v) is 10.4. The van der Waals surface area contributed by atoms with E-state index in [1.165, 1.54) is 0 Å². The van der Waals surface area contributed by atoms with Gasteiger partial charge in [0, 0.05) is 39.2 Å². The van der Waals surface area contributed by atoms with Crippen LogP contribution in [0.4, 0.5) is 0 Å². The van der Waals surface area contributed by atoms with Gasteiger partial charge in [-0.2, -0.15) is 0 Å². The lowest BCUT2D eigenvalue weighted by Gasteiger charge is -2.38. The summed E-state index contributed by atoms with van der Waals surface area (Å²) in [6.07, 6.45) is 1.25. The van der Waals surface area contributed by atoms with E-state index in [2.05, 4.69) is 29.8 Å². The molecule has 4 heteroatoms. The third kappa shape index (κ3) is 2.58. The lowest BCUT2D eigenvalue weighted by atomic mass is 9.66. The molecule has 0 N–H and O–H groups in total. The highest BCUT2D eigenvalue weighted by Gasteiger charge is 2.50. The van der Waals surface area contributed by atoms with E-state index in [9.17, 15) is 9.59 Å². The molecule has 2 aromatic carbocycles. The molecule has 3 nitrogen and oxygen atoms in total. The standard InChI is InChI=1S/C24H20BrNO2/c1-24(2)11-17-20(18(27)12-24)19(13-6-5-7-14(25)10-13)21-22(26-17)15-8-3-4-9-16(15)23(21)28/h3-10,19,21H,11-12H2,1-2H3/t19-,21-/m1/s1. The largest absolute Gasteiger partial charge is 0.294 e. The molecule has 1 heterocycles. The highest BCUT2D eigenvalue weighted by molar-refractivity contribution is 9.10. The Morgan fingerprint density at radius 3 is 2.46 bits per heavy atom. The summed E-state index contributed by atoms with van der Waals surface area (Å²) in [6.45, 7) is 4.23. The van der Waals surface area contributed by atoms with E-state index in [4.69, 9.17) is 4.99 Å². The molecule has 0 fully saturated rings. The molecule has 0 radical (unpaired) electrons. The van der Waals surface area contributed by atoms with Gasteiger partial charge in [-0.15, -0.1) is 0 Å². The molecule has 0 spiro atoms. The summed E-state index contributed by atoms with van der Waals surface area (Å²) in [5.74, 6) is -0.495. The van der Waals surface area contributed by atoms with Gasteiger partial charge in [-0.3, -0.25) is 14.6 Å². The maximum Gasteiger partial charge on any atom is 0.173 e. The van der Waals surface area contributed by atoms with Gasteiger partial charge < -0.3 is 0 Å². The zero-order chi connectivity index (χ0) is 19.6. The summed E-state index contributed by atoms with van der Waals surface area (Å²) in [6, 6.07) is 15.7. The first-order valence-electron chi connectivity index (χ1n) is 9.60. The van der Waals surface area contributed by atoms with Crippen LogP contribution in [0.25, 0.3) is 0 Å². The van der Waals surface area contributed by atoms with Crippen LogP contribution >= 0.6 is 15.9 Å². The Kier molecular flexibility index (Phi) is 3.86. The van der Waals surface area contributed by atoms with Crippen molar-refractivity contribution in [2.75, 3.05) is 0 Å². The van der Waals surface area contributed by atoms with E-state index >= 15 is 0 Å². The first-order chi connectivity index (χ1) is 13.4. The number of allylic oxidation sites excluding steroid dienone is 2. The number of carbonyl (C=O) groups is 2. The van der Waals surface area contributed by atoms with Crippen LogP contribution in [0.2, 0.25) is 0 Å². The van der Waals surface area contributed by atoms with E-state index in [-0.39, 0.29) is 22.9 Å². The maximum atomic E-state index is 13.4. The number of ketones is 2. The maximum absolute atomic E-state index is 13.4. The van der Waals surface area contributed by atoms with E-state index in [0.29, 0.717) is 6.42 Å². The normalized spacial score (nSPS) is 25.2. The van der Waals surface area contributed by atoms with Crippen LogP contribution in [0, 0.1) is 11.3 Å². The van der Waals surface area contributed by atoms with Crippen LogP contribution in [0.1, 0.15) is 54.1 Å². The Balaban J connectivity index is 1.78. The topological polar surface area (TPSA) is 46.5 Å². The first kappa shape index (κ1) is 17.7. The molecule has 1 aliphatic heterocycles. The van der Waals surface area contributed by atoms with Crippen LogP contribution in [0.5, 0.6) is 0 Å². The van der Waals surface area contributed by atoms with Gasteiger partial charge in [0.2, 0.25) is 0 Å². The van der Waals surface area contributed by atoms with Crippen molar-refractivity contribution >= 4 is 33.2 Å². The minimum atomic E-state index is -0.421. The van der Waals surface area contributed by atoms with Crippen molar-refractivity contribution in [2.45, 2.75) is 32.6 Å². The predicted molar refractivity (Wildman–Crippen MR) is 113 cm³/mol. The Morgan fingerprint density at radius 1 is 0.964 bits per heavy atom. The fourth-order valence-corrected chi connectivity index (χ4v) is 5.36. The molecular weight excluding hydrogens is 414 g/mol. The summed E-state index contributed by atoms with van der Waals surface area (Å²) >= 11 is 3.55. The van der Waals surface area contributed by atoms with Crippen molar-refractivity contribution in [1.29, 1.82) is 0 Å². The summed E-state index contributed by atoms with van der Waals surface area (Å²) in [5, 5.41) is 0. The molecule has 3 aliphatic rings. The second-order valence-electron chi connectivity index (χ2n) is 8.72. The zero-order valence-corrected chi connectivity index (χ0v) is 17.4. The number of Topliss-reactive ketones (excluding diaryl/α,β-unsaturated/α-hetero) is 2. The molecule has 0 aromatic heterocycles. The van der Waals surface area contributed by atoms with Crippen LogP contribution < -0.4 is 0 Å². The summed E-state index contributed by atoms with van der Waals surface area (Å²) in [7, 11) is 0. The second-order valence-corrected chi connectivity index (χ2v) is 9.63.